The molecule has 0 spiro atoms. The molecule has 0 radical (unpaired) electrons. The van der Waals surface area contributed by atoms with E-state index in [9.17, 15) is 4.79 Å². The number of carbonyl (C=O) groups is 1. The lowest BCUT2D eigenvalue weighted by molar-refractivity contribution is -0.141. The van der Waals surface area contributed by atoms with Crippen LogP contribution in [0.1, 0.15) is 5.56 Å². The van der Waals surface area contributed by atoms with E-state index in [4.69, 9.17) is 10.8 Å². The summed E-state index contributed by atoms with van der Waals surface area (Å²) in [5, 5.41) is 11.3. The molecule has 0 aliphatic rings. The largest absolute Gasteiger partial charge is 0.481 e. The number of benzene rings is 2. The summed E-state index contributed by atoms with van der Waals surface area (Å²) in [4.78, 5) is 10.9. The smallest absolute Gasteiger partial charge is 0.308 e. The second-order valence-electron chi connectivity index (χ2n) is 4.16. The van der Waals surface area contributed by atoms with Gasteiger partial charge >= 0.3 is 5.97 Å². The fourth-order valence-electron chi connectivity index (χ4n) is 1.92. The molecule has 2 aromatic carbocycles. The third-order valence-corrected chi connectivity index (χ3v) is 2.93. The second kappa shape index (κ2) is 4.97. The van der Waals surface area contributed by atoms with Crippen molar-refractivity contribution in [3.63, 3.8) is 0 Å². The van der Waals surface area contributed by atoms with Crippen LogP contribution in [0, 0.1) is 5.92 Å². The Morgan fingerprint density at radius 2 is 1.88 bits per heavy atom. The summed E-state index contributed by atoms with van der Waals surface area (Å²) in [6, 6.07) is 14.0. The Labute approximate surface area is 99.9 Å². The highest BCUT2D eigenvalue weighted by Gasteiger charge is 2.15. The zero-order valence-electron chi connectivity index (χ0n) is 9.47. The predicted octanol–water partition coefficient (Wildman–Crippen LogP) is 2.04. The van der Waals surface area contributed by atoms with Crippen molar-refractivity contribution in [3.8, 4) is 0 Å². The quantitative estimate of drug-likeness (QED) is 0.843. The first-order valence-electron chi connectivity index (χ1n) is 5.61. The summed E-state index contributed by atoms with van der Waals surface area (Å²) in [5.74, 6) is -1.34. The molecule has 88 valence electrons. The van der Waals surface area contributed by atoms with E-state index in [0.29, 0.717) is 6.42 Å². The van der Waals surface area contributed by atoms with E-state index >= 15 is 0 Å². The average molecular weight is 229 g/mol. The molecule has 1 unspecified atom stereocenters. The highest BCUT2D eigenvalue weighted by Crippen LogP contribution is 2.17. The number of rotatable bonds is 4. The van der Waals surface area contributed by atoms with Crippen LogP contribution in [0.25, 0.3) is 10.8 Å². The molecule has 0 fully saturated rings. The maximum absolute atomic E-state index is 10.9. The molecule has 17 heavy (non-hydrogen) atoms. The van der Waals surface area contributed by atoms with Crippen molar-refractivity contribution in [3.05, 3.63) is 48.0 Å². The molecule has 0 amide bonds. The molecule has 2 aromatic rings. The number of fused-ring (bicyclic) bond motifs is 1. The molecule has 0 aliphatic heterocycles. The van der Waals surface area contributed by atoms with Gasteiger partial charge in [0.2, 0.25) is 0 Å². The highest BCUT2D eigenvalue weighted by molar-refractivity contribution is 5.83. The number of hydrogen-bond donors (Lipinski definition) is 2. The Hall–Kier alpha value is -1.87. The molecule has 0 bridgehead atoms. The van der Waals surface area contributed by atoms with Gasteiger partial charge in [0.05, 0.1) is 5.92 Å². The summed E-state index contributed by atoms with van der Waals surface area (Å²) in [6.45, 7) is 0.169. The van der Waals surface area contributed by atoms with Crippen molar-refractivity contribution in [2.45, 2.75) is 6.42 Å². The van der Waals surface area contributed by atoms with E-state index in [1.54, 1.807) is 0 Å². The Morgan fingerprint density at radius 3 is 2.53 bits per heavy atom. The Balaban J connectivity index is 2.27. The normalized spacial score (nSPS) is 12.5. The predicted molar refractivity (Wildman–Crippen MR) is 67.8 cm³/mol. The molecular formula is C14H15NO2. The van der Waals surface area contributed by atoms with Crippen molar-refractivity contribution in [2.24, 2.45) is 11.7 Å². The van der Waals surface area contributed by atoms with Gasteiger partial charge in [-0.3, -0.25) is 4.79 Å². The summed E-state index contributed by atoms with van der Waals surface area (Å²) < 4.78 is 0. The fraction of sp³-hybridized carbons (Fsp3) is 0.214. The van der Waals surface area contributed by atoms with Gasteiger partial charge in [-0.15, -0.1) is 0 Å². The van der Waals surface area contributed by atoms with E-state index in [0.717, 1.165) is 16.3 Å². The van der Waals surface area contributed by atoms with Crippen LogP contribution in [-0.4, -0.2) is 17.6 Å². The van der Waals surface area contributed by atoms with E-state index in [1.807, 2.05) is 42.5 Å². The summed E-state index contributed by atoms with van der Waals surface area (Å²) in [6.07, 6.45) is 0.483. The van der Waals surface area contributed by atoms with Crippen LogP contribution >= 0.6 is 0 Å². The minimum Gasteiger partial charge on any atom is -0.481 e. The van der Waals surface area contributed by atoms with Gasteiger partial charge in [-0.25, -0.2) is 0 Å². The molecule has 0 saturated heterocycles. The van der Waals surface area contributed by atoms with E-state index in [2.05, 4.69) is 0 Å². The van der Waals surface area contributed by atoms with Gasteiger partial charge in [0, 0.05) is 6.54 Å². The van der Waals surface area contributed by atoms with Crippen molar-refractivity contribution in [1.82, 2.24) is 0 Å². The van der Waals surface area contributed by atoms with Gasteiger partial charge in [0.15, 0.2) is 0 Å². The first-order valence-corrected chi connectivity index (χ1v) is 5.61. The maximum Gasteiger partial charge on any atom is 0.308 e. The van der Waals surface area contributed by atoms with Crippen LogP contribution < -0.4 is 5.73 Å². The molecule has 0 aromatic heterocycles. The topological polar surface area (TPSA) is 63.3 Å². The van der Waals surface area contributed by atoms with Crippen LogP contribution in [0.5, 0.6) is 0 Å². The van der Waals surface area contributed by atoms with Crippen LogP contribution in [0.2, 0.25) is 0 Å². The average Bonchev–Trinajstić information content (AvgIpc) is 2.35. The third-order valence-electron chi connectivity index (χ3n) is 2.93. The Kier molecular flexibility index (Phi) is 3.40. The lowest BCUT2D eigenvalue weighted by Crippen LogP contribution is -2.25. The monoisotopic (exact) mass is 229 g/mol. The fourth-order valence-corrected chi connectivity index (χ4v) is 1.92. The molecule has 0 saturated carbocycles. The van der Waals surface area contributed by atoms with Gasteiger partial charge in [-0.1, -0.05) is 42.5 Å². The molecule has 1 atom stereocenters. The molecular weight excluding hydrogens is 214 g/mol. The third kappa shape index (κ3) is 2.63. The Morgan fingerprint density at radius 1 is 1.18 bits per heavy atom. The summed E-state index contributed by atoms with van der Waals surface area (Å²) in [7, 11) is 0. The molecule has 3 heteroatoms. The van der Waals surface area contributed by atoms with Crippen LogP contribution in [-0.2, 0) is 11.2 Å². The lowest BCUT2D eigenvalue weighted by atomic mass is 9.97. The first-order chi connectivity index (χ1) is 8.20. The minimum atomic E-state index is -0.833. The molecule has 0 heterocycles. The van der Waals surface area contributed by atoms with Gasteiger partial charge in [0.1, 0.15) is 0 Å². The lowest BCUT2D eigenvalue weighted by Gasteiger charge is -2.10. The number of carboxylic acids is 1. The van der Waals surface area contributed by atoms with E-state index in [-0.39, 0.29) is 6.54 Å². The zero-order chi connectivity index (χ0) is 12.3. The number of hydrogen-bond acceptors (Lipinski definition) is 2. The standard InChI is InChI=1S/C14H15NO2/c15-9-13(14(16)17)8-10-5-6-11-3-1-2-4-12(11)7-10/h1-7,13H,8-9,15H2,(H,16,17). The molecule has 3 nitrogen and oxygen atoms in total. The first kappa shape index (κ1) is 11.6. The molecule has 2 rings (SSSR count). The summed E-state index contributed by atoms with van der Waals surface area (Å²) >= 11 is 0. The van der Waals surface area contributed by atoms with Gasteiger partial charge in [-0.2, -0.15) is 0 Å². The van der Waals surface area contributed by atoms with Gasteiger partial charge < -0.3 is 10.8 Å². The number of nitrogens with two attached hydrogens (primary N) is 1. The van der Waals surface area contributed by atoms with Crippen LogP contribution in [0.4, 0.5) is 0 Å². The van der Waals surface area contributed by atoms with Crippen molar-refractivity contribution in [1.29, 1.82) is 0 Å². The SMILES string of the molecule is NCC(Cc1ccc2ccccc2c1)C(=O)O. The van der Waals surface area contributed by atoms with Gasteiger partial charge in [0.25, 0.3) is 0 Å². The van der Waals surface area contributed by atoms with Crippen LogP contribution in [0.15, 0.2) is 42.5 Å². The molecule has 0 aliphatic carbocycles. The van der Waals surface area contributed by atoms with E-state index in [1.165, 1.54) is 0 Å². The highest BCUT2D eigenvalue weighted by atomic mass is 16.4. The minimum absolute atomic E-state index is 0.169. The van der Waals surface area contributed by atoms with Crippen molar-refractivity contribution >= 4 is 16.7 Å². The Bertz CT molecular complexity index is 536. The number of carboxylic acid groups (broad SMARTS) is 1. The van der Waals surface area contributed by atoms with Crippen molar-refractivity contribution in [2.75, 3.05) is 6.54 Å². The zero-order valence-corrected chi connectivity index (χ0v) is 9.47. The maximum atomic E-state index is 10.9. The van der Waals surface area contributed by atoms with Crippen LogP contribution in [0.3, 0.4) is 0 Å². The summed E-state index contributed by atoms with van der Waals surface area (Å²) in [5.41, 5.74) is 6.47. The van der Waals surface area contributed by atoms with Crippen molar-refractivity contribution < 1.29 is 9.90 Å². The second-order valence-corrected chi connectivity index (χ2v) is 4.16. The van der Waals surface area contributed by atoms with E-state index < -0.39 is 11.9 Å². The molecule has 3 N–H and O–H groups in total. The van der Waals surface area contributed by atoms with Gasteiger partial charge in [-0.05, 0) is 22.8 Å². The number of aliphatic carboxylic acids is 1.